The van der Waals surface area contributed by atoms with Gasteiger partial charge in [0.15, 0.2) is 0 Å². The van der Waals surface area contributed by atoms with Gasteiger partial charge in [-0.2, -0.15) is 0 Å². The van der Waals surface area contributed by atoms with Gasteiger partial charge in [-0.05, 0) is 12.8 Å². The normalized spacial score (nSPS) is 34.7. The molecule has 2 unspecified atom stereocenters. The minimum Gasteiger partial charge on any atom is -0.381 e. The third-order valence-electron chi connectivity index (χ3n) is 3.36. The molecule has 0 aliphatic carbocycles. The fourth-order valence-electron chi connectivity index (χ4n) is 2.22. The summed E-state index contributed by atoms with van der Waals surface area (Å²) in [4.78, 5) is 4.68. The van der Waals surface area contributed by atoms with Gasteiger partial charge in [-0.3, -0.25) is 0 Å². The van der Waals surface area contributed by atoms with Gasteiger partial charge in [-0.15, -0.1) is 11.3 Å². The van der Waals surface area contributed by atoms with Crippen LogP contribution in [-0.4, -0.2) is 31.4 Å². The van der Waals surface area contributed by atoms with Gasteiger partial charge >= 0.3 is 0 Å². The molecule has 0 saturated carbocycles. The number of thiazole rings is 1. The molecule has 1 aromatic heterocycles. The minimum absolute atomic E-state index is 0.353. The number of nitrogens with zero attached hydrogens (tertiary/aromatic N) is 1. The number of hydrogen-bond acceptors (Lipinski definition) is 5. The second kappa shape index (κ2) is 4.07. The summed E-state index contributed by atoms with van der Waals surface area (Å²) < 4.78 is 10.7. The molecule has 2 aliphatic heterocycles. The highest BCUT2D eigenvalue weighted by Gasteiger charge is 2.35. The van der Waals surface area contributed by atoms with Crippen molar-refractivity contribution in [3.63, 3.8) is 0 Å². The van der Waals surface area contributed by atoms with Crippen molar-refractivity contribution in [1.82, 2.24) is 4.98 Å². The Kier molecular flexibility index (Phi) is 2.71. The third kappa shape index (κ3) is 1.78. The summed E-state index contributed by atoms with van der Waals surface area (Å²) in [5.41, 5.74) is 6.92. The van der Waals surface area contributed by atoms with Crippen LogP contribution in [0.15, 0.2) is 5.38 Å². The van der Waals surface area contributed by atoms with Crippen LogP contribution in [0.2, 0.25) is 0 Å². The summed E-state index contributed by atoms with van der Waals surface area (Å²) in [5.74, 6) is 0.477. The first kappa shape index (κ1) is 10.7. The molecule has 0 radical (unpaired) electrons. The van der Waals surface area contributed by atoms with Gasteiger partial charge in [0, 0.05) is 24.5 Å². The van der Waals surface area contributed by atoms with Gasteiger partial charge in [0.2, 0.25) is 0 Å². The zero-order valence-electron chi connectivity index (χ0n) is 9.15. The Morgan fingerprint density at radius 2 is 2.38 bits per heavy atom. The Morgan fingerprint density at radius 3 is 3.06 bits per heavy atom. The molecule has 0 bridgehead atoms. The van der Waals surface area contributed by atoms with Crippen LogP contribution >= 0.6 is 11.3 Å². The zero-order chi connectivity index (χ0) is 11.0. The van der Waals surface area contributed by atoms with Gasteiger partial charge in [-0.1, -0.05) is 0 Å². The number of ether oxygens (including phenoxy) is 2. The Balaban J connectivity index is 1.81. The largest absolute Gasteiger partial charge is 0.381 e. The smallest absolute Gasteiger partial charge is 0.0984 e. The van der Waals surface area contributed by atoms with Gasteiger partial charge in [0.25, 0.3) is 0 Å². The van der Waals surface area contributed by atoms with Crippen molar-refractivity contribution < 1.29 is 9.47 Å². The predicted octanol–water partition coefficient (Wildman–Crippen LogP) is 1.22. The standard InChI is InChI=1S/C11H16N2O2S/c12-11(2-4-15-7-11)9-6-16-10(13-9)8-1-3-14-5-8/h6,8H,1-5,7,12H2. The van der Waals surface area contributed by atoms with E-state index < -0.39 is 0 Å². The summed E-state index contributed by atoms with van der Waals surface area (Å²) in [6.07, 6.45) is 1.96. The van der Waals surface area contributed by atoms with E-state index >= 15 is 0 Å². The van der Waals surface area contributed by atoms with Crippen molar-refractivity contribution in [3.8, 4) is 0 Å². The van der Waals surface area contributed by atoms with E-state index in [1.807, 2.05) is 0 Å². The predicted molar refractivity (Wildman–Crippen MR) is 61.6 cm³/mol. The van der Waals surface area contributed by atoms with Crippen LogP contribution in [0.25, 0.3) is 0 Å². The average Bonchev–Trinajstić information content (AvgIpc) is 2.98. The van der Waals surface area contributed by atoms with Gasteiger partial charge in [0.1, 0.15) is 0 Å². The van der Waals surface area contributed by atoms with E-state index in [4.69, 9.17) is 15.2 Å². The number of aromatic nitrogens is 1. The zero-order valence-corrected chi connectivity index (χ0v) is 9.96. The second-order valence-corrected chi connectivity index (χ2v) is 5.48. The molecular weight excluding hydrogens is 224 g/mol. The molecule has 1 aromatic rings. The molecule has 4 nitrogen and oxygen atoms in total. The quantitative estimate of drug-likeness (QED) is 0.844. The number of rotatable bonds is 2. The van der Waals surface area contributed by atoms with Crippen molar-refractivity contribution in [2.45, 2.75) is 24.3 Å². The van der Waals surface area contributed by atoms with Crippen LogP contribution in [-0.2, 0) is 15.0 Å². The lowest BCUT2D eigenvalue weighted by Crippen LogP contribution is -2.37. The lowest BCUT2D eigenvalue weighted by atomic mass is 9.97. The highest BCUT2D eigenvalue weighted by Crippen LogP contribution is 2.33. The topological polar surface area (TPSA) is 57.4 Å². The maximum Gasteiger partial charge on any atom is 0.0984 e. The van der Waals surface area contributed by atoms with Crippen molar-refractivity contribution in [3.05, 3.63) is 16.1 Å². The Bertz CT molecular complexity index is 368. The fourth-order valence-corrected chi connectivity index (χ4v) is 3.27. The monoisotopic (exact) mass is 240 g/mol. The maximum absolute atomic E-state index is 6.28. The van der Waals surface area contributed by atoms with Crippen molar-refractivity contribution >= 4 is 11.3 Å². The van der Waals surface area contributed by atoms with Gasteiger partial charge in [-0.25, -0.2) is 4.98 Å². The Hall–Kier alpha value is -0.490. The molecule has 0 aromatic carbocycles. The van der Waals surface area contributed by atoms with Gasteiger partial charge < -0.3 is 15.2 Å². The van der Waals surface area contributed by atoms with E-state index in [1.54, 1.807) is 11.3 Å². The van der Waals surface area contributed by atoms with Crippen LogP contribution in [0.3, 0.4) is 0 Å². The van der Waals surface area contributed by atoms with Crippen molar-refractivity contribution in [2.75, 3.05) is 26.4 Å². The van der Waals surface area contributed by atoms with Crippen LogP contribution in [0.5, 0.6) is 0 Å². The SMILES string of the molecule is NC1(c2csc(C3CCOC3)n2)CCOC1. The second-order valence-electron chi connectivity index (χ2n) is 4.59. The van der Waals surface area contributed by atoms with Crippen LogP contribution in [0.4, 0.5) is 0 Å². The third-order valence-corrected chi connectivity index (χ3v) is 4.37. The first-order valence-corrected chi connectivity index (χ1v) is 6.56. The summed E-state index contributed by atoms with van der Waals surface area (Å²) in [5, 5.41) is 3.26. The molecule has 16 heavy (non-hydrogen) atoms. The molecular formula is C11H16N2O2S. The summed E-state index contributed by atoms with van der Waals surface area (Å²) in [6.45, 7) is 3.00. The molecule has 0 amide bonds. The van der Waals surface area contributed by atoms with E-state index in [0.29, 0.717) is 12.5 Å². The first-order valence-electron chi connectivity index (χ1n) is 5.68. The minimum atomic E-state index is -0.353. The Morgan fingerprint density at radius 1 is 1.44 bits per heavy atom. The summed E-state index contributed by atoms with van der Waals surface area (Å²) >= 11 is 1.71. The number of hydrogen-bond donors (Lipinski definition) is 1. The van der Waals surface area contributed by atoms with E-state index in [-0.39, 0.29) is 5.54 Å². The highest BCUT2D eigenvalue weighted by atomic mass is 32.1. The van der Waals surface area contributed by atoms with Crippen molar-refractivity contribution in [1.29, 1.82) is 0 Å². The van der Waals surface area contributed by atoms with E-state index in [0.717, 1.165) is 38.4 Å². The molecule has 2 saturated heterocycles. The molecule has 2 N–H and O–H groups in total. The van der Waals surface area contributed by atoms with E-state index in [9.17, 15) is 0 Å². The molecule has 2 atom stereocenters. The van der Waals surface area contributed by atoms with Crippen LogP contribution in [0.1, 0.15) is 29.5 Å². The van der Waals surface area contributed by atoms with Crippen molar-refractivity contribution in [2.24, 2.45) is 5.73 Å². The molecule has 88 valence electrons. The fraction of sp³-hybridized carbons (Fsp3) is 0.727. The lowest BCUT2D eigenvalue weighted by Gasteiger charge is -2.18. The van der Waals surface area contributed by atoms with Crippen LogP contribution in [0, 0.1) is 0 Å². The molecule has 2 fully saturated rings. The molecule has 5 heteroatoms. The number of nitrogens with two attached hydrogens (primary N) is 1. The lowest BCUT2D eigenvalue weighted by molar-refractivity contribution is 0.177. The first-order chi connectivity index (χ1) is 7.78. The maximum atomic E-state index is 6.28. The van der Waals surface area contributed by atoms with E-state index in [1.165, 1.54) is 5.01 Å². The average molecular weight is 240 g/mol. The Labute approximate surface area is 98.8 Å². The van der Waals surface area contributed by atoms with Gasteiger partial charge in [0.05, 0.1) is 29.5 Å². The summed E-state index contributed by atoms with van der Waals surface area (Å²) in [6, 6.07) is 0. The summed E-state index contributed by atoms with van der Waals surface area (Å²) in [7, 11) is 0. The molecule has 3 heterocycles. The molecule has 2 aliphatic rings. The van der Waals surface area contributed by atoms with E-state index in [2.05, 4.69) is 10.4 Å². The van der Waals surface area contributed by atoms with Crippen LogP contribution < -0.4 is 5.73 Å². The highest BCUT2D eigenvalue weighted by molar-refractivity contribution is 7.09. The molecule has 0 spiro atoms. The molecule has 3 rings (SSSR count).